The van der Waals surface area contributed by atoms with Crippen molar-refractivity contribution in [2.75, 3.05) is 11.9 Å². The van der Waals surface area contributed by atoms with Crippen molar-refractivity contribution in [1.29, 1.82) is 5.26 Å². The fraction of sp³-hybridized carbons (Fsp3) is 0.0800. The van der Waals surface area contributed by atoms with E-state index in [1.807, 2.05) is 31.2 Å². The Bertz CT molecular complexity index is 1140. The lowest BCUT2D eigenvalue weighted by Crippen LogP contribution is -2.20. The number of carbonyl (C=O) groups is 2. The van der Waals surface area contributed by atoms with Gasteiger partial charge in [0.2, 0.25) is 0 Å². The number of anilines is 1. The van der Waals surface area contributed by atoms with E-state index in [-0.39, 0.29) is 18.1 Å². The molecule has 0 bridgehead atoms. The molecule has 31 heavy (non-hydrogen) atoms. The molecular formula is C25H20N2O4. The number of allylic oxidation sites excluding steroid dienone is 1. The van der Waals surface area contributed by atoms with Gasteiger partial charge in [-0.15, -0.1) is 0 Å². The number of nitrogens with zero attached hydrogens (tertiary/aromatic N) is 1. The maximum absolute atomic E-state index is 12.0. The monoisotopic (exact) mass is 412 g/mol. The molecule has 0 aliphatic rings. The van der Waals surface area contributed by atoms with Crippen LogP contribution in [0.15, 0.2) is 72.8 Å². The second-order valence-corrected chi connectivity index (χ2v) is 6.82. The zero-order valence-electron chi connectivity index (χ0n) is 16.8. The van der Waals surface area contributed by atoms with E-state index in [1.165, 1.54) is 12.1 Å². The highest BCUT2D eigenvalue weighted by atomic mass is 16.5. The van der Waals surface area contributed by atoms with Crippen LogP contribution in [0.4, 0.5) is 5.69 Å². The number of hydrogen-bond donors (Lipinski definition) is 2. The third-order valence-corrected chi connectivity index (χ3v) is 4.46. The highest BCUT2D eigenvalue weighted by molar-refractivity contribution is 5.92. The second kappa shape index (κ2) is 9.90. The number of carbonyl (C=O) groups excluding carboxylic acids is 1. The first-order valence-electron chi connectivity index (χ1n) is 9.49. The first kappa shape index (κ1) is 21.3. The van der Waals surface area contributed by atoms with Crippen molar-refractivity contribution < 1.29 is 19.4 Å². The van der Waals surface area contributed by atoms with E-state index in [2.05, 4.69) is 11.4 Å². The Hall–Kier alpha value is -4.37. The van der Waals surface area contributed by atoms with E-state index in [4.69, 9.17) is 9.84 Å². The van der Waals surface area contributed by atoms with Crippen LogP contribution in [0.2, 0.25) is 0 Å². The van der Waals surface area contributed by atoms with Gasteiger partial charge in [-0.2, -0.15) is 5.26 Å². The minimum Gasteiger partial charge on any atom is -0.484 e. The van der Waals surface area contributed by atoms with Crippen molar-refractivity contribution in [2.24, 2.45) is 0 Å². The molecule has 1 amide bonds. The second-order valence-electron chi connectivity index (χ2n) is 6.82. The van der Waals surface area contributed by atoms with Crippen LogP contribution in [0.3, 0.4) is 0 Å². The lowest BCUT2D eigenvalue weighted by atomic mass is 10.0. The summed E-state index contributed by atoms with van der Waals surface area (Å²) >= 11 is 0. The lowest BCUT2D eigenvalue weighted by Gasteiger charge is -2.08. The number of nitriles is 1. The minimum absolute atomic E-state index is 0.123. The van der Waals surface area contributed by atoms with Gasteiger partial charge in [0.05, 0.1) is 17.2 Å². The molecule has 0 radical (unpaired) electrons. The number of rotatable bonds is 7. The maximum atomic E-state index is 12.0. The van der Waals surface area contributed by atoms with Gasteiger partial charge in [0.1, 0.15) is 5.75 Å². The Labute approximate surface area is 180 Å². The number of carboxylic acids is 1. The molecule has 0 aliphatic heterocycles. The Morgan fingerprint density at radius 1 is 0.968 bits per heavy atom. The quantitative estimate of drug-likeness (QED) is 0.430. The molecule has 6 nitrogen and oxygen atoms in total. The highest BCUT2D eigenvalue weighted by Gasteiger charge is 2.06. The molecule has 3 rings (SSSR count). The number of aryl methyl sites for hydroxylation is 1. The molecule has 0 fully saturated rings. The van der Waals surface area contributed by atoms with E-state index in [0.717, 1.165) is 11.1 Å². The predicted octanol–water partition coefficient (Wildman–Crippen LogP) is 4.77. The van der Waals surface area contributed by atoms with E-state index < -0.39 is 5.97 Å². The third-order valence-electron chi connectivity index (χ3n) is 4.46. The van der Waals surface area contributed by atoms with Crippen LogP contribution in [0.1, 0.15) is 27.0 Å². The van der Waals surface area contributed by atoms with Gasteiger partial charge >= 0.3 is 5.97 Å². The molecule has 0 saturated carbocycles. The summed E-state index contributed by atoms with van der Waals surface area (Å²) in [6, 6.07) is 22.7. The Morgan fingerprint density at radius 2 is 1.58 bits per heavy atom. The summed E-state index contributed by atoms with van der Waals surface area (Å²) in [4.78, 5) is 23.0. The summed E-state index contributed by atoms with van der Waals surface area (Å²) in [5.41, 5.74) is 3.79. The van der Waals surface area contributed by atoms with Crippen LogP contribution >= 0.6 is 0 Å². The molecule has 154 valence electrons. The molecule has 3 aromatic rings. The number of ether oxygens (including phenoxy) is 1. The summed E-state index contributed by atoms with van der Waals surface area (Å²) in [5, 5.41) is 21.2. The molecule has 0 aliphatic carbocycles. The van der Waals surface area contributed by atoms with Crippen molar-refractivity contribution in [3.05, 3.63) is 95.1 Å². The Balaban J connectivity index is 1.60. The molecule has 0 saturated heterocycles. The Morgan fingerprint density at radius 3 is 2.16 bits per heavy atom. The standard InChI is InChI=1S/C25H20N2O4/c1-17-2-10-22(11-3-17)27-24(28)16-31-23-12-4-18(5-13-23)14-21(15-26)19-6-8-20(9-7-19)25(29)30/h2-14H,16H2,1H3,(H,27,28)(H,29,30). The summed E-state index contributed by atoms with van der Waals surface area (Å²) in [7, 11) is 0. The van der Waals surface area contributed by atoms with Gasteiger partial charge in [0.25, 0.3) is 5.91 Å². The van der Waals surface area contributed by atoms with Crippen molar-refractivity contribution in [3.63, 3.8) is 0 Å². The number of aromatic carboxylic acids is 1. The predicted molar refractivity (Wildman–Crippen MR) is 119 cm³/mol. The molecule has 0 atom stereocenters. The van der Waals surface area contributed by atoms with Gasteiger partial charge in [0, 0.05) is 5.69 Å². The smallest absolute Gasteiger partial charge is 0.335 e. The molecule has 0 spiro atoms. The van der Waals surface area contributed by atoms with Crippen LogP contribution < -0.4 is 10.1 Å². The van der Waals surface area contributed by atoms with E-state index >= 15 is 0 Å². The third kappa shape index (κ3) is 6.05. The van der Waals surface area contributed by atoms with E-state index in [1.54, 1.807) is 42.5 Å². The van der Waals surface area contributed by atoms with Crippen molar-refractivity contribution in [2.45, 2.75) is 6.92 Å². The fourth-order valence-electron chi connectivity index (χ4n) is 2.78. The maximum Gasteiger partial charge on any atom is 0.335 e. The molecule has 0 aromatic heterocycles. The van der Waals surface area contributed by atoms with Crippen LogP contribution in [0, 0.1) is 18.3 Å². The SMILES string of the molecule is Cc1ccc(NC(=O)COc2ccc(C=C(C#N)c3ccc(C(=O)O)cc3)cc2)cc1. The Kier molecular flexibility index (Phi) is 6.82. The average molecular weight is 412 g/mol. The number of benzene rings is 3. The fourth-order valence-corrected chi connectivity index (χ4v) is 2.78. The minimum atomic E-state index is -1.02. The highest BCUT2D eigenvalue weighted by Crippen LogP contribution is 2.20. The lowest BCUT2D eigenvalue weighted by molar-refractivity contribution is -0.118. The van der Waals surface area contributed by atoms with Crippen LogP contribution in [0.5, 0.6) is 5.75 Å². The molecule has 6 heteroatoms. The van der Waals surface area contributed by atoms with Gasteiger partial charge in [-0.25, -0.2) is 4.79 Å². The summed E-state index contributed by atoms with van der Waals surface area (Å²) in [6.45, 7) is 1.85. The van der Waals surface area contributed by atoms with Crippen molar-refractivity contribution in [3.8, 4) is 11.8 Å². The van der Waals surface area contributed by atoms with Gasteiger partial charge in [-0.3, -0.25) is 4.79 Å². The van der Waals surface area contributed by atoms with Gasteiger partial charge < -0.3 is 15.2 Å². The van der Waals surface area contributed by atoms with Crippen LogP contribution in [-0.4, -0.2) is 23.6 Å². The van der Waals surface area contributed by atoms with Gasteiger partial charge in [0.15, 0.2) is 6.61 Å². The molecule has 0 unspecified atom stereocenters. The zero-order valence-corrected chi connectivity index (χ0v) is 16.8. The number of amides is 1. The van der Waals surface area contributed by atoms with Gasteiger partial charge in [-0.1, -0.05) is 42.0 Å². The van der Waals surface area contributed by atoms with Crippen molar-refractivity contribution >= 4 is 29.2 Å². The van der Waals surface area contributed by atoms with E-state index in [0.29, 0.717) is 22.6 Å². The summed E-state index contributed by atoms with van der Waals surface area (Å²) in [6.07, 6.45) is 1.70. The molecule has 0 heterocycles. The average Bonchev–Trinajstić information content (AvgIpc) is 2.78. The zero-order chi connectivity index (χ0) is 22.2. The first-order chi connectivity index (χ1) is 14.9. The number of carboxylic acid groups (broad SMARTS) is 1. The summed E-state index contributed by atoms with van der Waals surface area (Å²) in [5.74, 6) is -0.748. The molecular weight excluding hydrogens is 392 g/mol. The van der Waals surface area contributed by atoms with Crippen LogP contribution in [-0.2, 0) is 4.79 Å². The first-order valence-corrected chi connectivity index (χ1v) is 9.49. The topological polar surface area (TPSA) is 99.4 Å². The number of nitrogens with one attached hydrogen (secondary N) is 1. The molecule has 2 N–H and O–H groups in total. The number of hydrogen-bond acceptors (Lipinski definition) is 4. The van der Waals surface area contributed by atoms with Crippen LogP contribution in [0.25, 0.3) is 11.6 Å². The normalized spacial score (nSPS) is 10.8. The summed E-state index contributed by atoms with van der Waals surface area (Å²) < 4.78 is 5.52. The van der Waals surface area contributed by atoms with Gasteiger partial charge in [-0.05, 0) is 60.5 Å². The molecule has 3 aromatic carbocycles. The largest absolute Gasteiger partial charge is 0.484 e. The van der Waals surface area contributed by atoms with Crippen molar-refractivity contribution in [1.82, 2.24) is 0 Å². The van der Waals surface area contributed by atoms with E-state index in [9.17, 15) is 14.9 Å².